The Morgan fingerprint density at radius 2 is 1.72 bits per heavy atom. The number of aliphatic carboxylic acids is 1. The number of hydrogen-bond donors (Lipinski definition) is 1. The monoisotopic (exact) mass is 765 g/mol. The lowest BCUT2D eigenvalue weighted by atomic mass is 9.83. The Labute approximate surface area is 319 Å². The number of amides is 3. The second-order valence-electron chi connectivity index (χ2n) is 15.1. The molecular weight excluding hydrogens is 717 g/mol. The van der Waals surface area contributed by atoms with E-state index in [1.165, 1.54) is 6.92 Å². The molecule has 1 fully saturated rings. The van der Waals surface area contributed by atoms with Crippen molar-refractivity contribution in [2.75, 3.05) is 24.6 Å². The zero-order valence-corrected chi connectivity index (χ0v) is 32.3. The van der Waals surface area contributed by atoms with Crippen molar-refractivity contribution in [2.24, 2.45) is 17.3 Å². The van der Waals surface area contributed by atoms with Gasteiger partial charge in [0.1, 0.15) is 17.4 Å². The fourth-order valence-electron chi connectivity index (χ4n) is 6.82. The summed E-state index contributed by atoms with van der Waals surface area (Å²) < 4.78 is 31.5. The molecule has 0 aliphatic carbocycles. The third kappa shape index (κ3) is 11.2. The Hall–Kier alpha value is -4.65. The van der Waals surface area contributed by atoms with Gasteiger partial charge in [0, 0.05) is 67.0 Å². The Kier molecular flexibility index (Phi) is 14.5. The first-order chi connectivity index (χ1) is 25.5. The highest BCUT2D eigenvalue weighted by Crippen LogP contribution is 2.41. The maximum absolute atomic E-state index is 15.2. The SMILES string of the molecule is CC(=O)CC(CSCC(=O)N(CCCCC(=O)CN1C(=O)CC(C)C1=O)C(c1cc(-c2cc(F)ccc2F)cn1Cc1ccccc1)C(C)(C)C)C(=O)O. The topological polar surface area (TPSA) is 134 Å². The van der Waals surface area contributed by atoms with E-state index in [0.29, 0.717) is 30.6 Å². The molecule has 2 heterocycles. The van der Waals surface area contributed by atoms with Gasteiger partial charge in [-0.25, -0.2) is 8.78 Å². The summed E-state index contributed by atoms with van der Waals surface area (Å²) in [5, 5.41) is 9.66. The number of carbonyl (C=O) groups excluding carboxylic acids is 5. The molecule has 0 radical (unpaired) electrons. The van der Waals surface area contributed by atoms with Gasteiger partial charge < -0.3 is 19.4 Å². The van der Waals surface area contributed by atoms with E-state index in [1.54, 1.807) is 24.1 Å². The van der Waals surface area contributed by atoms with Gasteiger partial charge in [0.15, 0.2) is 5.78 Å². The van der Waals surface area contributed by atoms with Crippen molar-refractivity contribution in [3.8, 4) is 11.1 Å². The van der Waals surface area contributed by atoms with Gasteiger partial charge in [0.05, 0.1) is 24.3 Å². The highest BCUT2D eigenvalue weighted by Gasteiger charge is 2.38. The molecule has 1 aliphatic rings. The average Bonchev–Trinajstić information content (AvgIpc) is 3.60. The van der Waals surface area contributed by atoms with Crippen LogP contribution < -0.4 is 0 Å². The highest BCUT2D eigenvalue weighted by molar-refractivity contribution is 7.99. The summed E-state index contributed by atoms with van der Waals surface area (Å²) in [6.07, 6.45) is 2.51. The predicted octanol–water partition coefficient (Wildman–Crippen LogP) is 6.94. The predicted molar refractivity (Wildman–Crippen MR) is 202 cm³/mol. The van der Waals surface area contributed by atoms with Crippen molar-refractivity contribution >= 4 is 47.0 Å². The molecule has 1 aliphatic heterocycles. The van der Waals surface area contributed by atoms with E-state index in [4.69, 9.17) is 0 Å². The number of carboxylic acids is 1. The molecule has 1 aromatic heterocycles. The van der Waals surface area contributed by atoms with Crippen LogP contribution in [0.1, 0.15) is 84.0 Å². The van der Waals surface area contributed by atoms with Crippen LogP contribution in [0.5, 0.6) is 0 Å². The summed E-state index contributed by atoms with van der Waals surface area (Å²) in [5.74, 6) is -5.35. The number of ketones is 2. The largest absolute Gasteiger partial charge is 0.481 e. The van der Waals surface area contributed by atoms with Gasteiger partial charge >= 0.3 is 5.97 Å². The van der Waals surface area contributed by atoms with Crippen LogP contribution in [-0.4, -0.2) is 79.3 Å². The Bertz CT molecular complexity index is 1860. The summed E-state index contributed by atoms with van der Waals surface area (Å²) in [6, 6.07) is 14.0. The summed E-state index contributed by atoms with van der Waals surface area (Å²) in [7, 11) is 0. The van der Waals surface area contributed by atoms with Crippen molar-refractivity contribution in [1.29, 1.82) is 0 Å². The van der Waals surface area contributed by atoms with Crippen LogP contribution in [-0.2, 0) is 35.3 Å². The number of Topliss-reactive ketones (excluding diaryl/α,β-unsaturated/α-hetero) is 2. The van der Waals surface area contributed by atoms with Crippen LogP contribution in [0.2, 0.25) is 0 Å². The molecule has 1 saturated heterocycles. The van der Waals surface area contributed by atoms with Crippen molar-refractivity contribution in [3.63, 3.8) is 0 Å². The number of halogens is 2. The van der Waals surface area contributed by atoms with Crippen LogP contribution >= 0.6 is 11.8 Å². The Morgan fingerprint density at radius 1 is 1.02 bits per heavy atom. The molecule has 290 valence electrons. The van der Waals surface area contributed by atoms with E-state index in [0.717, 1.165) is 40.4 Å². The van der Waals surface area contributed by atoms with Gasteiger partial charge in [0.2, 0.25) is 17.7 Å². The number of thioether (sulfide) groups is 1. The molecule has 0 saturated carbocycles. The average molecular weight is 766 g/mol. The number of carboxylic acid groups (broad SMARTS) is 1. The molecule has 3 aromatic rings. The van der Waals surface area contributed by atoms with E-state index >= 15 is 4.39 Å². The fourth-order valence-corrected chi connectivity index (χ4v) is 7.82. The van der Waals surface area contributed by atoms with E-state index in [-0.39, 0.29) is 78.7 Å². The van der Waals surface area contributed by atoms with Gasteiger partial charge in [0.25, 0.3) is 0 Å². The number of unbranched alkanes of at least 4 members (excludes halogenated alkanes) is 1. The molecule has 1 N–H and O–H groups in total. The molecule has 54 heavy (non-hydrogen) atoms. The summed E-state index contributed by atoms with van der Waals surface area (Å²) in [4.78, 5) is 78.0. The Balaban J connectivity index is 1.67. The Morgan fingerprint density at radius 3 is 2.33 bits per heavy atom. The van der Waals surface area contributed by atoms with Gasteiger partial charge in [-0.05, 0) is 55.0 Å². The third-order valence-corrected chi connectivity index (χ3v) is 10.5. The molecule has 4 rings (SSSR count). The molecule has 0 bridgehead atoms. The van der Waals surface area contributed by atoms with Crippen molar-refractivity contribution in [1.82, 2.24) is 14.4 Å². The first kappa shape index (κ1) is 42.1. The molecule has 3 unspecified atom stereocenters. The molecule has 3 amide bonds. The van der Waals surface area contributed by atoms with Gasteiger partial charge in [-0.3, -0.25) is 28.9 Å². The van der Waals surface area contributed by atoms with Crippen LogP contribution in [0.25, 0.3) is 11.1 Å². The minimum absolute atomic E-state index is 0.0448. The molecule has 3 atom stereocenters. The standard InChI is InChI=1S/C41H49F2N3O7S/c1-26-17-36(49)46(39(26)51)23-32(48)13-9-10-16-45(37(50)25-54-24-30(40(52)53)18-27(2)47)38(41(3,4)5)35-19-29(33-20-31(42)14-15-34(33)43)22-44(35)21-28-11-7-6-8-12-28/h6-8,11-12,14-15,19-20,22,26,30,38H,9-10,13,16-18,21,23-25H2,1-5H3,(H,52,53). The second-order valence-corrected chi connectivity index (χ2v) is 16.2. The van der Waals surface area contributed by atoms with E-state index < -0.39 is 40.9 Å². The number of benzene rings is 2. The lowest BCUT2D eigenvalue weighted by molar-refractivity contribution is -0.143. The number of hydrogen-bond acceptors (Lipinski definition) is 7. The number of carbonyl (C=O) groups is 6. The van der Waals surface area contributed by atoms with Gasteiger partial charge in [-0.1, -0.05) is 58.0 Å². The third-order valence-electron chi connectivity index (χ3n) is 9.43. The number of likely N-dealkylation sites (tertiary alicyclic amines) is 1. The first-order valence-corrected chi connectivity index (χ1v) is 19.3. The number of imide groups is 1. The lowest BCUT2D eigenvalue weighted by Gasteiger charge is -2.41. The van der Waals surface area contributed by atoms with E-state index in [2.05, 4.69) is 0 Å². The molecule has 2 aromatic carbocycles. The van der Waals surface area contributed by atoms with Gasteiger partial charge in [-0.15, -0.1) is 0 Å². The van der Waals surface area contributed by atoms with Gasteiger partial charge in [-0.2, -0.15) is 11.8 Å². The smallest absolute Gasteiger partial charge is 0.307 e. The van der Waals surface area contributed by atoms with Crippen LogP contribution in [0.4, 0.5) is 8.78 Å². The van der Waals surface area contributed by atoms with Crippen molar-refractivity contribution in [3.05, 3.63) is 83.7 Å². The van der Waals surface area contributed by atoms with Crippen molar-refractivity contribution < 1.29 is 42.7 Å². The normalized spacial score (nSPS) is 15.7. The minimum atomic E-state index is -1.12. The van der Waals surface area contributed by atoms with Crippen LogP contribution in [0, 0.1) is 28.9 Å². The van der Waals surface area contributed by atoms with Crippen LogP contribution in [0.15, 0.2) is 60.8 Å². The first-order valence-electron chi connectivity index (χ1n) is 18.1. The van der Waals surface area contributed by atoms with E-state index in [1.807, 2.05) is 55.7 Å². The number of rotatable bonds is 19. The second kappa shape index (κ2) is 18.6. The maximum atomic E-state index is 15.2. The molecular formula is C41H49F2N3O7S. The zero-order chi connectivity index (χ0) is 39.7. The number of aromatic nitrogens is 1. The van der Waals surface area contributed by atoms with E-state index in [9.17, 15) is 38.3 Å². The maximum Gasteiger partial charge on any atom is 0.307 e. The summed E-state index contributed by atoms with van der Waals surface area (Å²) in [6.45, 7) is 9.15. The minimum Gasteiger partial charge on any atom is -0.481 e. The molecule has 10 nitrogen and oxygen atoms in total. The quantitative estimate of drug-likeness (QED) is 0.103. The fraction of sp³-hybridized carbons (Fsp3) is 0.463. The van der Waals surface area contributed by atoms with Crippen LogP contribution in [0.3, 0.4) is 0 Å². The zero-order valence-electron chi connectivity index (χ0n) is 31.5. The lowest BCUT2D eigenvalue weighted by Crippen LogP contribution is -2.43. The summed E-state index contributed by atoms with van der Waals surface area (Å²) >= 11 is 1.12. The van der Waals surface area contributed by atoms with Crippen molar-refractivity contribution in [2.45, 2.75) is 79.3 Å². The highest BCUT2D eigenvalue weighted by atomic mass is 32.2. The summed E-state index contributed by atoms with van der Waals surface area (Å²) in [5.41, 5.74) is 1.48. The molecule has 13 heteroatoms. The molecule has 0 spiro atoms. The number of nitrogens with zero attached hydrogens (tertiary/aromatic N) is 3.